The lowest BCUT2D eigenvalue weighted by molar-refractivity contribution is 0.0742. The molecule has 1 atom stereocenters. The Bertz CT molecular complexity index is 1040. The van der Waals surface area contributed by atoms with Crippen LogP contribution in [-0.4, -0.2) is 36.2 Å². The van der Waals surface area contributed by atoms with Gasteiger partial charge in [-0.25, -0.2) is 0 Å². The number of ether oxygens (including phenoxy) is 1. The molecule has 0 saturated heterocycles. The van der Waals surface area contributed by atoms with Gasteiger partial charge in [0.15, 0.2) is 0 Å². The second-order valence-electron chi connectivity index (χ2n) is 7.80. The molecule has 1 N–H and O–H groups in total. The zero-order chi connectivity index (χ0) is 21.8. The van der Waals surface area contributed by atoms with Crippen molar-refractivity contribution < 1.29 is 9.84 Å². The van der Waals surface area contributed by atoms with Crippen LogP contribution in [0.15, 0.2) is 76.5 Å². The Balaban J connectivity index is 1.64. The van der Waals surface area contributed by atoms with Gasteiger partial charge in [0.1, 0.15) is 18.0 Å². The van der Waals surface area contributed by atoms with Crippen LogP contribution in [0.25, 0.3) is 0 Å². The lowest BCUT2D eigenvalue weighted by Crippen LogP contribution is -2.33. The molecule has 0 fully saturated rings. The molecule has 0 amide bonds. The SMILES string of the molecule is CCN(CC)CCOc1ccc2c(c1)Sc1ccccc1C2(O)Cc1ccc(Cl)cc1. The average Bonchev–Trinajstić information content (AvgIpc) is 2.78. The molecular formula is C26H28ClNO2S. The molecule has 31 heavy (non-hydrogen) atoms. The Morgan fingerprint density at radius 3 is 2.39 bits per heavy atom. The van der Waals surface area contributed by atoms with Crippen molar-refractivity contribution in [2.24, 2.45) is 0 Å². The molecular weight excluding hydrogens is 426 g/mol. The first-order chi connectivity index (χ1) is 15.0. The predicted molar refractivity (Wildman–Crippen MR) is 128 cm³/mol. The summed E-state index contributed by atoms with van der Waals surface area (Å²) >= 11 is 7.75. The molecule has 4 rings (SSSR count). The molecule has 0 aliphatic carbocycles. The topological polar surface area (TPSA) is 32.7 Å². The van der Waals surface area contributed by atoms with Gasteiger partial charge in [-0.2, -0.15) is 0 Å². The minimum absolute atomic E-state index is 0.483. The van der Waals surface area contributed by atoms with E-state index >= 15 is 0 Å². The van der Waals surface area contributed by atoms with Gasteiger partial charge in [-0.05, 0) is 49.0 Å². The first-order valence-electron chi connectivity index (χ1n) is 10.8. The highest BCUT2D eigenvalue weighted by atomic mass is 35.5. The van der Waals surface area contributed by atoms with E-state index in [0.29, 0.717) is 18.1 Å². The quantitative estimate of drug-likeness (QED) is 0.453. The van der Waals surface area contributed by atoms with E-state index in [0.717, 1.165) is 51.9 Å². The van der Waals surface area contributed by atoms with Crippen molar-refractivity contribution in [3.8, 4) is 5.75 Å². The van der Waals surface area contributed by atoms with E-state index < -0.39 is 5.60 Å². The van der Waals surface area contributed by atoms with Crippen molar-refractivity contribution in [3.63, 3.8) is 0 Å². The summed E-state index contributed by atoms with van der Waals surface area (Å²) < 4.78 is 6.04. The van der Waals surface area contributed by atoms with Gasteiger partial charge in [-0.3, -0.25) is 0 Å². The first-order valence-corrected chi connectivity index (χ1v) is 12.0. The van der Waals surface area contributed by atoms with Gasteiger partial charge >= 0.3 is 0 Å². The fourth-order valence-electron chi connectivity index (χ4n) is 4.10. The number of nitrogens with zero attached hydrogens (tertiary/aromatic N) is 1. The predicted octanol–water partition coefficient (Wildman–Crippen LogP) is 6.00. The lowest BCUT2D eigenvalue weighted by Gasteiger charge is -2.36. The van der Waals surface area contributed by atoms with Crippen molar-refractivity contribution in [3.05, 3.63) is 88.4 Å². The summed E-state index contributed by atoms with van der Waals surface area (Å²) in [6.45, 7) is 7.93. The van der Waals surface area contributed by atoms with Crippen molar-refractivity contribution in [2.75, 3.05) is 26.2 Å². The van der Waals surface area contributed by atoms with Crippen LogP contribution in [0, 0.1) is 0 Å². The highest BCUT2D eigenvalue weighted by Gasteiger charge is 2.39. The number of hydrogen-bond donors (Lipinski definition) is 1. The molecule has 3 aromatic rings. The van der Waals surface area contributed by atoms with Crippen molar-refractivity contribution in [1.29, 1.82) is 0 Å². The van der Waals surface area contributed by atoms with Crippen LogP contribution in [0.5, 0.6) is 5.75 Å². The van der Waals surface area contributed by atoms with E-state index in [1.165, 1.54) is 0 Å². The van der Waals surface area contributed by atoms with Crippen LogP contribution in [0.1, 0.15) is 30.5 Å². The van der Waals surface area contributed by atoms with Crippen LogP contribution in [0.4, 0.5) is 0 Å². The molecule has 0 radical (unpaired) electrons. The molecule has 0 aromatic heterocycles. The first kappa shape index (κ1) is 22.2. The monoisotopic (exact) mass is 453 g/mol. The zero-order valence-corrected chi connectivity index (χ0v) is 19.5. The summed E-state index contributed by atoms with van der Waals surface area (Å²) in [5, 5.41) is 12.7. The molecule has 0 bridgehead atoms. The summed E-state index contributed by atoms with van der Waals surface area (Å²) in [4.78, 5) is 4.45. The smallest absolute Gasteiger partial charge is 0.121 e. The van der Waals surface area contributed by atoms with Crippen LogP contribution in [-0.2, 0) is 12.0 Å². The maximum Gasteiger partial charge on any atom is 0.121 e. The minimum Gasteiger partial charge on any atom is -0.492 e. The van der Waals surface area contributed by atoms with Crippen LogP contribution in [0.3, 0.4) is 0 Å². The molecule has 3 nitrogen and oxygen atoms in total. The Kier molecular flexibility index (Phi) is 6.92. The lowest BCUT2D eigenvalue weighted by atomic mass is 9.81. The Hall–Kier alpha value is -1.98. The third kappa shape index (κ3) is 4.78. The van der Waals surface area contributed by atoms with E-state index in [9.17, 15) is 5.11 Å². The average molecular weight is 454 g/mol. The van der Waals surface area contributed by atoms with Gasteiger partial charge in [-0.1, -0.05) is 73.6 Å². The number of aliphatic hydroxyl groups is 1. The Morgan fingerprint density at radius 1 is 0.935 bits per heavy atom. The summed E-state index contributed by atoms with van der Waals surface area (Å²) in [5.41, 5.74) is 1.80. The largest absolute Gasteiger partial charge is 0.492 e. The van der Waals surface area contributed by atoms with Crippen LogP contribution in [0.2, 0.25) is 5.02 Å². The number of likely N-dealkylation sites (N-methyl/N-ethyl adjacent to an activating group) is 1. The molecule has 1 heterocycles. The highest BCUT2D eigenvalue weighted by molar-refractivity contribution is 7.99. The second kappa shape index (κ2) is 9.66. The maximum atomic E-state index is 12.0. The number of fused-ring (bicyclic) bond motifs is 2. The number of benzene rings is 3. The summed E-state index contributed by atoms with van der Waals surface area (Å²) in [7, 11) is 0. The summed E-state index contributed by atoms with van der Waals surface area (Å²) in [5.74, 6) is 0.839. The second-order valence-corrected chi connectivity index (χ2v) is 9.32. The summed E-state index contributed by atoms with van der Waals surface area (Å²) in [6, 6.07) is 21.9. The third-order valence-electron chi connectivity index (χ3n) is 5.90. The highest BCUT2D eigenvalue weighted by Crippen LogP contribution is 2.50. The number of hydrogen-bond acceptors (Lipinski definition) is 4. The van der Waals surface area contributed by atoms with Crippen LogP contribution >= 0.6 is 23.4 Å². The van der Waals surface area contributed by atoms with Gasteiger partial charge in [0, 0.05) is 38.9 Å². The standard InChI is InChI=1S/C26H28ClNO2S/c1-3-28(4-2)15-16-30-21-13-14-23-25(17-21)31-24-8-6-5-7-22(24)26(23,29)18-19-9-11-20(27)12-10-19/h5-14,17,29H,3-4,15-16,18H2,1-2H3. The Labute approximate surface area is 194 Å². The molecule has 1 aliphatic heterocycles. The minimum atomic E-state index is -1.11. The van der Waals surface area contributed by atoms with E-state index in [1.807, 2.05) is 54.6 Å². The molecule has 5 heteroatoms. The van der Waals surface area contributed by atoms with E-state index in [1.54, 1.807) is 11.8 Å². The van der Waals surface area contributed by atoms with Gasteiger partial charge in [-0.15, -0.1) is 0 Å². The number of rotatable bonds is 8. The van der Waals surface area contributed by atoms with Gasteiger partial charge < -0.3 is 14.7 Å². The maximum absolute atomic E-state index is 12.0. The van der Waals surface area contributed by atoms with Crippen LogP contribution < -0.4 is 4.74 Å². The fourth-order valence-corrected chi connectivity index (χ4v) is 5.48. The number of halogens is 1. The third-order valence-corrected chi connectivity index (χ3v) is 7.28. The normalized spacial score (nSPS) is 17.3. The molecule has 162 valence electrons. The van der Waals surface area contributed by atoms with E-state index in [2.05, 4.69) is 30.9 Å². The van der Waals surface area contributed by atoms with Gasteiger partial charge in [0.25, 0.3) is 0 Å². The molecule has 3 aromatic carbocycles. The van der Waals surface area contributed by atoms with E-state index in [4.69, 9.17) is 16.3 Å². The molecule has 0 saturated carbocycles. The zero-order valence-electron chi connectivity index (χ0n) is 18.0. The molecule has 1 unspecified atom stereocenters. The Morgan fingerprint density at radius 2 is 1.65 bits per heavy atom. The van der Waals surface area contributed by atoms with Gasteiger partial charge in [0.2, 0.25) is 0 Å². The fraction of sp³-hybridized carbons (Fsp3) is 0.308. The van der Waals surface area contributed by atoms with Gasteiger partial charge in [0.05, 0.1) is 0 Å². The molecule has 1 aliphatic rings. The molecule has 0 spiro atoms. The van der Waals surface area contributed by atoms with Crippen molar-refractivity contribution in [1.82, 2.24) is 4.90 Å². The summed E-state index contributed by atoms with van der Waals surface area (Å²) in [6.07, 6.45) is 0.483. The van der Waals surface area contributed by atoms with E-state index in [-0.39, 0.29) is 0 Å². The van der Waals surface area contributed by atoms with Crippen molar-refractivity contribution in [2.45, 2.75) is 35.7 Å². The van der Waals surface area contributed by atoms with Crippen molar-refractivity contribution >= 4 is 23.4 Å².